The molecule has 112 valence electrons. The number of carboxylic acids is 1. The van der Waals surface area contributed by atoms with Crippen LogP contribution in [0.25, 0.3) is 0 Å². The molecule has 0 aliphatic carbocycles. The van der Waals surface area contributed by atoms with E-state index in [0.717, 1.165) is 10.5 Å². The Morgan fingerprint density at radius 3 is 2.67 bits per heavy atom. The molecule has 7 nitrogen and oxygen atoms in total. The standard InChI is InChI=1S/C14H17N3O4/c1-9-5-3-4-6-10(9)16(2)14(21)17-8-12(18)15-7-11(17)13(19)20/h3-6,11H,7-8H2,1-2H3,(H,15,18)(H,19,20). The smallest absolute Gasteiger partial charge is 0.328 e. The molecule has 1 fully saturated rings. The normalized spacial score (nSPS) is 18.1. The molecule has 0 spiro atoms. The van der Waals surface area contributed by atoms with Gasteiger partial charge in [0.1, 0.15) is 12.6 Å². The number of carbonyl (C=O) groups excluding carboxylic acids is 2. The Morgan fingerprint density at radius 2 is 2.05 bits per heavy atom. The molecule has 7 heteroatoms. The average molecular weight is 291 g/mol. The van der Waals surface area contributed by atoms with Crippen molar-refractivity contribution in [2.45, 2.75) is 13.0 Å². The van der Waals surface area contributed by atoms with Gasteiger partial charge in [0.05, 0.1) is 0 Å². The summed E-state index contributed by atoms with van der Waals surface area (Å²) in [6.45, 7) is 1.52. The summed E-state index contributed by atoms with van der Waals surface area (Å²) >= 11 is 0. The summed E-state index contributed by atoms with van der Waals surface area (Å²) in [5.41, 5.74) is 1.57. The fourth-order valence-corrected chi connectivity index (χ4v) is 2.30. The minimum absolute atomic E-state index is 0.0818. The summed E-state index contributed by atoms with van der Waals surface area (Å²) in [4.78, 5) is 37.7. The molecule has 2 rings (SSSR count). The predicted molar refractivity (Wildman–Crippen MR) is 76.1 cm³/mol. The molecule has 0 bridgehead atoms. The summed E-state index contributed by atoms with van der Waals surface area (Å²) in [5, 5.41) is 11.6. The van der Waals surface area contributed by atoms with Gasteiger partial charge in [-0.15, -0.1) is 0 Å². The first-order valence-corrected chi connectivity index (χ1v) is 6.51. The van der Waals surface area contributed by atoms with E-state index in [1.807, 2.05) is 19.1 Å². The first-order chi connectivity index (χ1) is 9.91. The molecule has 0 aromatic heterocycles. The van der Waals surface area contributed by atoms with Crippen molar-refractivity contribution in [3.8, 4) is 0 Å². The molecule has 1 unspecified atom stereocenters. The van der Waals surface area contributed by atoms with Crippen LogP contribution in [0.4, 0.5) is 10.5 Å². The van der Waals surface area contributed by atoms with Crippen molar-refractivity contribution < 1.29 is 19.5 Å². The van der Waals surface area contributed by atoms with Crippen molar-refractivity contribution in [3.63, 3.8) is 0 Å². The molecule has 2 N–H and O–H groups in total. The van der Waals surface area contributed by atoms with Crippen LogP contribution in [0.15, 0.2) is 24.3 Å². The number of carbonyl (C=O) groups is 3. The zero-order valence-corrected chi connectivity index (χ0v) is 11.9. The third-order valence-corrected chi connectivity index (χ3v) is 3.48. The molecular weight excluding hydrogens is 274 g/mol. The van der Waals surface area contributed by atoms with Gasteiger partial charge in [0.25, 0.3) is 0 Å². The first-order valence-electron chi connectivity index (χ1n) is 6.51. The number of benzene rings is 1. The Hall–Kier alpha value is -2.57. The maximum absolute atomic E-state index is 12.5. The second kappa shape index (κ2) is 5.82. The van der Waals surface area contributed by atoms with Gasteiger partial charge < -0.3 is 10.4 Å². The number of aliphatic carboxylic acids is 1. The van der Waals surface area contributed by atoms with Gasteiger partial charge in [-0.1, -0.05) is 18.2 Å². The second-order valence-electron chi connectivity index (χ2n) is 4.91. The Bertz CT molecular complexity index is 587. The molecule has 21 heavy (non-hydrogen) atoms. The topological polar surface area (TPSA) is 90.0 Å². The highest BCUT2D eigenvalue weighted by atomic mass is 16.4. The number of para-hydroxylation sites is 1. The Kier molecular flexibility index (Phi) is 4.11. The van der Waals surface area contributed by atoms with E-state index in [0.29, 0.717) is 5.69 Å². The van der Waals surface area contributed by atoms with Gasteiger partial charge in [-0.2, -0.15) is 0 Å². The van der Waals surface area contributed by atoms with E-state index in [-0.39, 0.29) is 19.0 Å². The second-order valence-corrected chi connectivity index (χ2v) is 4.91. The highest BCUT2D eigenvalue weighted by Gasteiger charge is 2.36. The highest BCUT2D eigenvalue weighted by molar-refractivity contribution is 5.98. The number of hydrogen-bond acceptors (Lipinski definition) is 3. The zero-order chi connectivity index (χ0) is 15.6. The number of nitrogens with zero attached hydrogens (tertiary/aromatic N) is 2. The van der Waals surface area contributed by atoms with Gasteiger partial charge in [0, 0.05) is 19.3 Å². The maximum atomic E-state index is 12.5. The molecular formula is C14H17N3O4. The van der Waals surface area contributed by atoms with Crippen molar-refractivity contribution in [3.05, 3.63) is 29.8 Å². The third-order valence-electron chi connectivity index (χ3n) is 3.48. The SMILES string of the molecule is Cc1ccccc1N(C)C(=O)N1CC(=O)NCC1C(=O)O. The van der Waals surface area contributed by atoms with Crippen molar-refractivity contribution >= 4 is 23.6 Å². The van der Waals surface area contributed by atoms with Gasteiger partial charge in [0.15, 0.2) is 0 Å². The monoisotopic (exact) mass is 291 g/mol. The van der Waals surface area contributed by atoms with Crippen LogP contribution in [0.5, 0.6) is 0 Å². The van der Waals surface area contributed by atoms with Crippen LogP contribution in [0.1, 0.15) is 5.56 Å². The number of anilines is 1. The third kappa shape index (κ3) is 2.96. The first kappa shape index (κ1) is 14.8. The molecule has 1 aromatic carbocycles. The van der Waals surface area contributed by atoms with E-state index < -0.39 is 18.0 Å². The highest BCUT2D eigenvalue weighted by Crippen LogP contribution is 2.20. The Labute approximate surface area is 122 Å². The molecule has 1 heterocycles. The Balaban J connectivity index is 2.26. The number of urea groups is 1. The summed E-state index contributed by atoms with van der Waals surface area (Å²) < 4.78 is 0. The average Bonchev–Trinajstić information content (AvgIpc) is 2.45. The molecule has 0 radical (unpaired) electrons. The molecule has 1 aliphatic heterocycles. The maximum Gasteiger partial charge on any atom is 0.328 e. The van der Waals surface area contributed by atoms with Gasteiger partial charge in [-0.25, -0.2) is 9.59 Å². The van der Waals surface area contributed by atoms with Gasteiger partial charge in [-0.3, -0.25) is 14.6 Å². The van der Waals surface area contributed by atoms with Crippen molar-refractivity contribution in [1.29, 1.82) is 0 Å². The molecule has 1 saturated heterocycles. The number of piperazine rings is 1. The number of hydrogen-bond donors (Lipinski definition) is 2. The molecule has 1 aromatic rings. The summed E-state index contributed by atoms with van der Waals surface area (Å²) in [6.07, 6.45) is 0. The lowest BCUT2D eigenvalue weighted by atomic mass is 10.1. The van der Waals surface area contributed by atoms with E-state index >= 15 is 0 Å². The van der Waals surface area contributed by atoms with E-state index in [1.54, 1.807) is 19.2 Å². The Morgan fingerprint density at radius 1 is 1.38 bits per heavy atom. The number of nitrogens with one attached hydrogen (secondary N) is 1. The van der Waals surface area contributed by atoms with Gasteiger partial charge in [0.2, 0.25) is 5.91 Å². The van der Waals surface area contributed by atoms with Crippen LogP contribution in [-0.2, 0) is 9.59 Å². The van der Waals surface area contributed by atoms with E-state index in [4.69, 9.17) is 0 Å². The summed E-state index contributed by atoms with van der Waals surface area (Å²) in [6, 6.07) is 5.71. The molecule has 1 aliphatic rings. The van der Waals surface area contributed by atoms with E-state index in [2.05, 4.69) is 5.32 Å². The minimum Gasteiger partial charge on any atom is -0.480 e. The van der Waals surface area contributed by atoms with Crippen LogP contribution < -0.4 is 10.2 Å². The van der Waals surface area contributed by atoms with Gasteiger partial charge >= 0.3 is 12.0 Å². The van der Waals surface area contributed by atoms with E-state index in [9.17, 15) is 19.5 Å². The minimum atomic E-state index is -1.14. The molecule has 3 amide bonds. The summed E-state index contributed by atoms with van der Waals surface area (Å²) in [7, 11) is 1.57. The lowest BCUT2D eigenvalue weighted by molar-refractivity contribution is -0.144. The quantitative estimate of drug-likeness (QED) is 0.827. The molecule has 1 atom stereocenters. The van der Waals surface area contributed by atoms with Crippen LogP contribution in [0.2, 0.25) is 0 Å². The van der Waals surface area contributed by atoms with Gasteiger partial charge in [-0.05, 0) is 18.6 Å². The van der Waals surface area contributed by atoms with Crippen molar-refractivity contribution in [2.24, 2.45) is 0 Å². The van der Waals surface area contributed by atoms with Crippen molar-refractivity contribution in [1.82, 2.24) is 10.2 Å². The zero-order valence-electron chi connectivity index (χ0n) is 11.9. The van der Waals surface area contributed by atoms with Crippen LogP contribution in [-0.4, -0.2) is 54.1 Å². The fourth-order valence-electron chi connectivity index (χ4n) is 2.30. The lowest BCUT2D eigenvalue weighted by Crippen LogP contribution is -2.61. The largest absolute Gasteiger partial charge is 0.480 e. The number of aryl methyl sites for hydroxylation is 1. The van der Waals surface area contributed by atoms with Crippen LogP contribution in [0, 0.1) is 6.92 Å². The van der Waals surface area contributed by atoms with Crippen molar-refractivity contribution in [2.75, 3.05) is 25.0 Å². The van der Waals surface area contributed by atoms with Crippen LogP contribution >= 0.6 is 0 Å². The van der Waals surface area contributed by atoms with Crippen LogP contribution in [0.3, 0.4) is 0 Å². The molecule has 0 saturated carbocycles. The fraction of sp³-hybridized carbons (Fsp3) is 0.357. The number of amides is 3. The predicted octanol–water partition coefficient (Wildman–Crippen LogP) is 0.436. The number of carboxylic acid groups (broad SMARTS) is 1. The summed E-state index contributed by atoms with van der Waals surface area (Å²) in [5.74, 6) is -1.50. The number of rotatable bonds is 2. The van der Waals surface area contributed by atoms with E-state index in [1.165, 1.54) is 4.90 Å². The lowest BCUT2D eigenvalue weighted by Gasteiger charge is -2.35.